The number of halogens is 1. The van der Waals surface area contributed by atoms with Gasteiger partial charge in [0.15, 0.2) is 5.82 Å². The van der Waals surface area contributed by atoms with Gasteiger partial charge in [-0.25, -0.2) is 4.98 Å². The van der Waals surface area contributed by atoms with Gasteiger partial charge in [0, 0.05) is 22.8 Å². The molecule has 3 aromatic rings. The maximum atomic E-state index is 12.8. The Labute approximate surface area is 161 Å². The second-order valence-electron chi connectivity index (χ2n) is 5.65. The van der Waals surface area contributed by atoms with Gasteiger partial charge in [-0.05, 0) is 50.2 Å². The van der Waals surface area contributed by atoms with Crippen molar-refractivity contribution >= 4 is 35.0 Å². The zero-order valence-corrected chi connectivity index (χ0v) is 16.1. The van der Waals surface area contributed by atoms with Crippen molar-refractivity contribution < 1.29 is 4.79 Å². The van der Waals surface area contributed by atoms with Crippen molar-refractivity contribution in [3.05, 3.63) is 59.6 Å². The summed E-state index contributed by atoms with van der Waals surface area (Å²) in [5.74, 6) is 0.681. The number of benzene rings is 2. The van der Waals surface area contributed by atoms with Crippen LogP contribution in [0.15, 0.2) is 59.8 Å². The molecule has 1 unspecified atom stereocenters. The van der Waals surface area contributed by atoms with Gasteiger partial charge >= 0.3 is 0 Å². The van der Waals surface area contributed by atoms with Crippen LogP contribution in [0.4, 0.5) is 5.69 Å². The Hall–Kier alpha value is -2.31. The molecule has 0 fully saturated rings. The van der Waals surface area contributed by atoms with E-state index in [-0.39, 0.29) is 11.2 Å². The molecule has 0 bridgehead atoms. The van der Waals surface area contributed by atoms with Gasteiger partial charge < -0.3 is 4.90 Å². The van der Waals surface area contributed by atoms with E-state index in [0.717, 1.165) is 11.3 Å². The molecule has 1 atom stereocenters. The number of carbonyl (C=O) groups excluding carboxylic acids is 1. The molecule has 7 heteroatoms. The summed E-state index contributed by atoms with van der Waals surface area (Å²) in [5.41, 5.74) is 1.79. The predicted molar refractivity (Wildman–Crippen MR) is 107 cm³/mol. The molecule has 0 aliphatic rings. The minimum Gasteiger partial charge on any atom is -0.312 e. The monoisotopic (exact) mass is 386 g/mol. The van der Waals surface area contributed by atoms with Crippen molar-refractivity contribution in [2.75, 3.05) is 11.4 Å². The van der Waals surface area contributed by atoms with Gasteiger partial charge in [-0.15, -0.1) is 5.10 Å². The average Bonchev–Trinajstić information content (AvgIpc) is 3.12. The smallest absolute Gasteiger partial charge is 0.240 e. The Morgan fingerprint density at radius 3 is 2.54 bits per heavy atom. The maximum absolute atomic E-state index is 12.8. The fraction of sp³-hybridized carbons (Fsp3) is 0.211. The summed E-state index contributed by atoms with van der Waals surface area (Å²) in [6.07, 6.45) is 0. The Kier molecular flexibility index (Phi) is 5.96. The summed E-state index contributed by atoms with van der Waals surface area (Å²) in [6.45, 7) is 4.45. The Morgan fingerprint density at radius 2 is 1.88 bits per heavy atom. The number of hydrogen-bond acceptors (Lipinski definition) is 4. The molecule has 2 aromatic carbocycles. The number of nitrogens with one attached hydrogen (secondary N) is 1. The zero-order valence-electron chi connectivity index (χ0n) is 14.5. The lowest BCUT2D eigenvalue weighted by Crippen LogP contribution is -2.36. The molecule has 1 aromatic heterocycles. The van der Waals surface area contributed by atoms with Gasteiger partial charge in [0.05, 0.1) is 5.25 Å². The summed E-state index contributed by atoms with van der Waals surface area (Å²) in [4.78, 5) is 19.1. The lowest BCUT2D eigenvalue weighted by molar-refractivity contribution is -0.117. The lowest BCUT2D eigenvalue weighted by atomic mass is 10.2. The predicted octanol–water partition coefficient (Wildman–Crippen LogP) is 4.66. The molecule has 26 heavy (non-hydrogen) atoms. The van der Waals surface area contributed by atoms with Crippen molar-refractivity contribution in [1.82, 2.24) is 15.2 Å². The molecule has 0 radical (unpaired) electrons. The van der Waals surface area contributed by atoms with Gasteiger partial charge in [-0.1, -0.05) is 41.6 Å². The highest BCUT2D eigenvalue weighted by Crippen LogP contribution is 2.26. The van der Waals surface area contributed by atoms with Crippen LogP contribution in [-0.2, 0) is 4.79 Å². The summed E-state index contributed by atoms with van der Waals surface area (Å²) < 4.78 is 0. The van der Waals surface area contributed by atoms with E-state index in [4.69, 9.17) is 11.6 Å². The van der Waals surface area contributed by atoms with Crippen LogP contribution in [0.1, 0.15) is 13.8 Å². The van der Waals surface area contributed by atoms with E-state index >= 15 is 0 Å². The van der Waals surface area contributed by atoms with E-state index in [1.165, 1.54) is 11.8 Å². The molecule has 0 saturated carbocycles. The minimum atomic E-state index is -0.302. The zero-order chi connectivity index (χ0) is 18.5. The van der Waals surface area contributed by atoms with E-state index < -0.39 is 0 Å². The number of thioether (sulfide) groups is 1. The van der Waals surface area contributed by atoms with Crippen LogP contribution in [0.3, 0.4) is 0 Å². The van der Waals surface area contributed by atoms with Gasteiger partial charge in [0.2, 0.25) is 11.1 Å². The molecule has 1 N–H and O–H groups in total. The molecule has 5 nitrogen and oxygen atoms in total. The van der Waals surface area contributed by atoms with Crippen molar-refractivity contribution in [3.63, 3.8) is 0 Å². The van der Waals surface area contributed by atoms with E-state index in [9.17, 15) is 4.79 Å². The first-order valence-electron chi connectivity index (χ1n) is 8.30. The SMILES string of the molecule is CCN(C(=O)C(C)Sc1n[nH]c(-c2ccc(Cl)cc2)n1)c1ccccc1. The number of aromatic amines is 1. The maximum Gasteiger partial charge on any atom is 0.240 e. The van der Waals surface area contributed by atoms with Crippen LogP contribution in [0.5, 0.6) is 0 Å². The molecule has 1 heterocycles. The highest BCUT2D eigenvalue weighted by Gasteiger charge is 2.23. The average molecular weight is 387 g/mol. The molecule has 134 valence electrons. The van der Waals surface area contributed by atoms with Crippen LogP contribution in [0.2, 0.25) is 5.02 Å². The fourth-order valence-electron chi connectivity index (χ4n) is 2.54. The fourth-order valence-corrected chi connectivity index (χ4v) is 3.45. The van der Waals surface area contributed by atoms with Crippen molar-refractivity contribution in [1.29, 1.82) is 0 Å². The number of hydrogen-bond donors (Lipinski definition) is 1. The van der Waals surface area contributed by atoms with Crippen LogP contribution in [0, 0.1) is 0 Å². The molecule has 1 amide bonds. The Morgan fingerprint density at radius 1 is 1.19 bits per heavy atom. The van der Waals surface area contributed by atoms with E-state index in [2.05, 4.69) is 15.2 Å². The highest BCUT2D eigenvalue weighted by molar-refractivity contribution is 8.00. The first kappa shape index (κ1) is 18.5. The second kappa shape index (κ2) is 8.38. The highest BCUT2D eigenvalue weighted by atomic mass is 35.5. The summed E-state index contributed by atoms with van der Waals surface area (Å²) in [5, 5.41) is 8.04. The van der Waals surface area contributed by atoms with E-state index in [1.807, 2.05) is 56.3 Å². The third kappa shape index (κ3) is 4.26. The molecule has 0 aliphatic carbocycles. The van der Waals surface area contributed by atoms with E-state index in [0.29, 0.717) is 22.5 Å². The summed E-state index contributed by atoms with van der Waals surface area (Å²) in [7, 11) is 0. The first-order valence-corrected chi connectivity index (χ1v) is 9.55. The normalized spacial score (nSPS) is 12.0. The summed E-state index contributed by atoms with van der Waals surface area (Å²) in [6, 6.07) is 17.0. The molecule has 0 spiro atoms. The Bertz CT molecular complexity index is 867. The topological polar surface area (TPSA) is 61.9 Å². The van der Waals surface area contributed by atoms with Crippen LogP contribution < -0.4 is 4.90 Å². The van der Waals surface area contributed by atoms with Crippen LogP contribution in [-0.4, -0.2) is 32.9 Å². The van der Waals surface area contributed by atoms with Crippen LogP contribution in [0.25, 0.3) is 11.4 Å². The minimum absolute atomic E-state index is 0.0292. The number of para-hydroxylation sites is 1. The third-order valence-corrected chi connectivity index (χ3v) is 5.06. The molecular weight excluding hydrogens is 368 g/mol. The largest absolute Gasteiger partial charge is 0.312 e. The van der Waals surface area contributed by atoms with Gasteiger partial charge in [0.1, 0.15) is 0 Å². The summed E-state index contributed by atoms with van der Waals surface area (Å²) >= 11 is 7.25. The number of nitrogens with zero attached hydrogens (tertiary/aromatic N) is 3. The van der Waals surface area contributed by atoms with Crippen molar-refractivity contribution in [3.8, 4) is 11.4 Å². The number of rotatable bonds is 6. The number of H-pyrrole nitrogens is 1. The quantitative estimate of drug-likeness (QED) is 0.626. The lowest BCUT2D eigenvalue weighted by Gasteiger charge is -2.23. The first-order chi connectivity index (χ1) is 12.6. The second-order valence-corrected chi connectivity index (χ2v) is 7.40. The van der Waals surface area contributed by atoms with E-state index in [1.54, 1.807) is 17.0 Å². The number of aromatic nitrogens is 3. The Balaban J connectivity index is 1.70. The van der Waals surface area contributed by atoms with Gasteiger partial charge in [0.25, 0.3) is 0 Å². The third-order valence-electron chi connectivity index (χ3n) is 3.86. The molecule has 0 saturated heterocycles. The van der Waals surface area contributed by atoms with Gasteiger partial charge in [-0.3, -0.25) is 9.89 Å². The standard InChI is InChI=1S/C19H19ClN4OS/c1-3-24(16-7-5-4-6-8-16)18(25)13(2)26-19-21-17(22-23-19)14-9-11-15(20)12-10-14/h4-13H,3H2,1-2H3,(H,21,22,23). The number of anilines is 1. The molecule has 3 rings (SSSR count). The van der Waals surface area contributed by atoms with Crippen molar-refractivity contribution in [2.24, 2.45) is 0 Å². The van der Waals surface area contributed by atoms with Crippen molar-refractivity contribution in [2.45, 2.75) is 24.3 Å². The van der Waals surface area contributed by atoms with Crippen LogP contribution >= 0.6 is 23.4 Å². The number of amides is 1. The van der Waals surface area contributed by atoms with Gasteiger partial charge in [-0.2, -0.15) is 0 Å². The molecule has 0 aliphatic heterocycles. The number of carbonyl (C=O) groups is 1. The molecular formula is C19H19ClN4OS.